The van der Waals surface area contributed by atoms with Crippen molar-refractivity contribution < 1.29 is 4.79 Å². The Labute approximate surface area is 203 Å². The molecular weight excluding hydrogens is 450 g/mol. The van der Waals surface area contributed by atoms with Gasteiger partial charge in [-0.05, 0) is 50.2 Å². The molecule has 0 saturated carbocycles. The molecule has 34 heavy (non-hydrogen) atoms. The number of nitrogens with zero attached hydrogens (tertiary/aromatic N) is 4. The smallest absolute Gasteiger partial charge is 0.216 e. The van der Waals surface area contributed by atoms with E-state index in [-0.39, 0.29) is 5.91 Å². The molecule has 176 valence electrons. The number of aromatic nitrogens is 4. The number of nitrogens with one attached hydrogen (secondary N) is 3. The summed E-state index contributed by atoms with van der Waals surface area (Å²) in [6, 6.07) is 15.6. The van der Waals surface area contributed by atoms with Crippen molar-refractivity contribution in [3.05, 3.63) is 64.9 Å². The molecule has 9 heteroatoms. The van der Waals surface area contributed by atoms with Crippen LogP contribution in [0.25, 0.3) is 22.4 Å². The minimum Gasteiger partial charge on any atom is -0.368 e. The van der Waals surface area contributed by atoms with Crippen LogP contribution in [-0.2, 0) is 11.3 Å². The summed E-state index contributed by atoms with van der Waals surface area (Å²) < 4.78 is 2.20. The van der Waals surface area contributed by atoms with Crippen LogP contribution in [0.5, 0.6) is 0 Å². The van der Waals surface area contributed by atoms with Gasteiger partial charge >= 0.3 is 0 Å². The first-order valence-electron chi connectivity index (χ1n) is 11.2. The number of amides is 1. The largest absolute Gasteiger partial charge is 0.368 e. The lowest BCUT2D eigenvalue weighted by molar-refractivity contribution is -0.118. The minimum atomic E-state index is -0.0623. The number of imidazole rings is 1. The van der Waals surface area contributed by atoms with Gasteiger partial charge in [0.15, 0.2) is 5.82 Å². The molecule has 3 N–H and O–H groups in total. The van der Waals surface area contributed by atoms with E-state index >= 15 is 0 Å². The highest BCUT2D eigenvalue weighted by atomic mass is 35.5. The van der Waals surface area contributed by atoms with Gasteiger partial charge in [0.25, 0.3) is 0 Å². The Balaban J connectivity index is 1.56. The summed E-state index contributed by atoms with van der Waals surface area (Å²) in [6.45, 7) is 7.98. The molecule has 0 unspecified atom stereocenters. The number of carbonyl (C=O) groups is 1. The molecule has 2 aromatic heterocycles. The van der Waals surface area contributed by atoms with Gasteiger partial charge < -0.3 is 20.5 Å². The highest BCUT2D eigenvalue weighted by Gasteiger charge is 2.13. The lowest BCUT2D eigenvalue weighted by Crippen LogP contribution is -2.26. The van der Waals surface area contributed by atoms with Crippen LogP contribution in [0.1, 0.15) is 18.3 Å². The van der Waals surface area contributed by atoms with E-state index in [2.05, 4.69) is 31.6 Å². The quantitative estimate of drug-likeness (QED) is 0.309. The molecule has 4 aromatic rings. The monoisotopic (exact) mass is 477 g/mol. The van der Waals surface area contributed by atoms with Crippen molar-refractivity contribution in [3.63, 3.8) is 0 Å². The molecular formula is C25H28ClN7O. The zero-order valence-corrected chi connectivity index (χ0v) is 20.3. The lowest BCUT2D eigenvalue weighted by Gasteiger charge is -2.16. The molecule has 2 aromatic carbocycles. The van der Waals surface area contributed by atoms with Crippen LogP contribution in [-0.4, -0.2) is 45.1 Å². The van der Waals surface area contributed by atoms with E-state index in [4.69, 9.17) is 21.6 Å². The van der Waals surface area contributed by atoms with Gasteiger partial charge in [0.05, 0.1) is 11.0 Å². The lowest BCUT2D eigenvalue weighted by atomic mass is 10.2. The Morgan fingerprint density at radius 3 is 2.29 bits per heavy atom. The first-order valence-corrected chi connectivity index (χ1v) is 11.6. The van der Waals surface area contributed by atoms with Crippen molar-refractivity contribution in [2.24, 2.45) is 0 Å². The summed E-state index contributed by atoms with van der Waals surface area (Å²) in [4.78, 5) is 25.3. The SMILES string of the molecule is CC(=O)NCCNc1nc(-c2ccc(Cl)cc2)nc(NCCn2c(C)nc3ccccc32)c1C. The van der Waals surface area contributed by atoms with Gasteiger partial charge in [-0.2, -0.15) is 0 Å². The number of carbonyl (C=O) groups excluding carboxylic acids is 1. The number of rotatable bonds is 9. The van der Waals surface area contributed by atoms with Crippen LogP contribution in [0.3, 0.4) is 0 Å². The van der Waals surface area contributed by atoms with Gasteiger partial charge in [-0.15, -0.1) is 0 Å². The summed E-state index contributed by atoms with van der Waals surface area (Å²) in [7, 11) is 0. The summed E-state index contributed by atoms with van der Waals surface area (Å²) >= 11 is 6.06. The van der Waals surface area contributed by atoms with E-state index in [0.717, 1.165) is 46.2 Å². The average Bonchev–Trinajstić information content (AvgIpc) is 3.14. The van der Waals surface area contributed by atoms with Crippen molar-refractivity contribution >= 4 is 40.2 Å². The predicted octanol–water partition coefficient (Wildman–Crippen LogP) is 4.42. The van der Waals surface area contributed by atoms with E-state index in [1.165, 1.54) is 6.92 Å². The third kappa shape index (κ3) is 5.46. The molecule has 0 fully saturated rings. The van der Waals surface area contributed by atoms with E-state index in [1.54, 1.807) is 0 Å². The third-order valence-corrected chi connectivity index (χ3v) is 5.76. The van der Waals surface area contributed by atoms with E-state index in [0.29, 0.717) is 30.5 Å². The van der Waals surface area contributed by atoms with Crippen LogP contribution < -0.4 is 16.0 Å². The molecule has 4 rings (SSSR count). The number of para-hydroxylation sites is 2. The van der Waals surface area contributed by atoms with Crippen molar-refractivity contribution in [1.29, 1.82) is 0 Å². The number of hydrogen-bond donors (Lipinski definition) is 3. The topological polar surface area (TPSA) is 96.8 Å². The fraction of sp³-hybridized carbons (Fsp3) is 0.280. The van der Waals surface area contributed by atoms with Gasteiger partial charge in [0.2, 0.25) is 5.91 Å². The Bertz CT molecular complexity index is 1300. The maximum absolute atomic E-state index is 11.2. The van der Waals surface area contributed by atoms with Crippen molar-refractivity contribution in [2.45, 2.75) is 27.3 Å². The maximum Gasteiger partial charge on any atom is 0.216 e. The summed E-state index contributed by atoms with van der Waals surface area (Å²) in [5.74, 6) is 2.98. The van der Waals surface area contributed by atoms with E-state index in [9.17, 15) is 4.79 Å². The zero-order valence-electron chi connectivity index (χ0n) is 19.5. The molecule has 0 saturated heterocycles. The maximum atomic E-state index is 11.2. The highest BCUT2D eigenvalue weighted by molar-refractivity contribution is 6.30. The molecule has 0 bridgehead atoms. The number of fused-ring (bicyclic) bond motifs is 1. The second-order valence-corrected chi connectivity index (χ2v) is 8.45. The number of halogens is 1. The second-order valence-electron chi connectivity index (χ2n) is 8.01. The number of hydrogen-bond acceptors (Lipinski definition) is 6. The highest BCUT2D eigenvalue weighted by Crippen LogP contribution is 2.26. The Kier molecular flexibility index (Phi) is 7.27. The molecule has 0 aliphatic rings. The van der Waals surface area contributed by atoms with Gasteiger partial charge in [-0.25, -0.2) is 15.0 Å². The van der Waals surface area contributed by atoms with Crippen molar-refractivity contribution in [1.82, 2.24) is 24.8 Å². The molecule has 1 amide bonds. The van der Waals surface area contributed by atoms with Gasteiger partial charge in [0.1, 0.15) is 17.5 Å². The second kappa shape index (κ2) is 10.5. The fourth-order valence-corrected chi connectivity index (χ4v) is 3.90. The molecule has 0 radical (unpaired) electrons. The van der Waals surface area contributed by atoms with Crippen LogP contribution in [0, 0.1) is 13.8 Å². The Morgan fingerprint density at radius 2 is 1.59 bits per heavy atom. The number of benzene rings is 2. The average molecular weight is 478 g/mol. The predicted molar refractivity (Wildman–Crippen MR) is 137 cm³/mol. The minimum absolute atomic E-state index is 0.0623. The molecule has 0 aliphatic carbocycles. The van der Waals surface area contributed by atoms with Gasteiger partial charge in [0, 0.05) is 49.3 Å². The van der Waals surface area contributed by atoms with E-state index < -0.39 is 0 Å². The van der Waals surface area contributed by atoms with E-state index in [1.807, 2.05) is 56.3 Å². The van der Waals surface area contributed by atoms with Crippen LogP contribution in [0.4, 0.5) is 11.6 Å². The van der Waals surface area contributed by atoms with Crippen molar-refractivity contribution in [3.8, 4) is 11.4 Å². The van der Waals surface area contributed by atoms with Gasteiger partial charge in [-0.3, -0.25) is 4.79 Å². The molecule has 0 aliphatic heterocycles. The van der Waals surface area contributed by atoms with Crippen molar-refractivity contribution in [2.75, 3.05) is 30.3 Å². The molecule has 2 heterocycles. The standard InChI is InChI=1S/C25H28ClN7O/c1-16-23(28-13-12-27-18(3)34)31-25(19-8-10-20(26)11-9-19)32-24(16)29-14-15-33-17(2)30-21-6-4-5-7-22(21)33/h4-11H,12-15H2,1-3H3,(H,27,34)(H2,28,29,31,32). The summed E-state index contributed by atoms with van der Waals surface area (Å²) in [5, 5.41) is 10.2. The molecule has 0 spiro atoms. The van der Waals surface area contributed by atoms with Crippen LogP contribution in [0.2, 0.25) is 5.02 Å². The number of aryl methyl sites for hydroxylation is 1. The van der Waals surface area contributed by atoms with Crippen LogP contribution in [0.15, 0.2) is 48.5 Å². The Morgan fingerprint density at radius 1 is 0.912 bits per heavy atom. The molecule has 8 nitrogen and oxygen atoms in total. The Hall–Kier alpha value is -3.65. The zero-order chi connectivity index (χ0) is 24.1. The summed E-state index contributed by atoms with van der Waals surface area (Å²) in [6.07, 6.45) is 0. The first-order chi connectivity index (χ1) is 16.4. The van der Waals surface area contributed by atoms with Gasteiger partial charge in [-0.1, -0.05) is 23.7 Å². The summed E-state index contributed by atoms with van der Waals surface area (Å²) in [5.41, 5.74) is 3.89. The third-order valence-electron chi connectivity index (χ3n) is 5.51. The number of anilines is 2. The normalized spacial score (nSPS) is 10.9. The van der Waals surface area contributed by atoms with Crippen LogP contribution >= 0.6 is 11.6 Å². The molecule has 0 atom stereocenters. The fourth-order valence-electron chi connectivity index (χ4n) is 3.77. The first kappa shape index (κ1) is 23.5.